The van der Waals surface area contributed by atoms with Crippen LogP contribution in [0.25, 0.3) is 0 Å². The summed E-state index contributed by atoms with van der Waals surface area (Å²) in [5, 5.41) is 18.1. The SMILES string of the molecule is O=C1C=CC(=O)N1CCc1cc(CCO)cc(CCO)c1. The second-order valence-corrected chi connectivity index (χ2v) is 5.02. The number of carbonyl (C=O) groups is 2. The van der Waals surface area contributed by atoms with Crippen molar-refractivity contribution < 1.29 is 19.8 Å². The lowest BCUT2D eigenvalue weighted by Gasteiger charge is -2.15. The minimum Gasteiger partial charge on any atom is -0.396 e. The number of aliphatic hydroxyl groups excluding tert-OH is 2. The Kier molecular flexibility index (Phi) is 5.25. The zero-order valence-electron chi connectivity index (χ0n) is 11.8. The third kappa shape index (κ3) is 4.00. The number of imide groups is 1. The zero-order chi connectivity index (χ0) is 15.2. The van der Waals surface area contributed by atoms with Crippen LogP contribution in [0.15, 0.2) is 30.4 Å². The van der Waals surface area contributed by atoms with Gasteiger partial charge >= 0.3 is 0 Å². The lowest BCUT2D eigenvalue weighted by Crippen LogP contribution is -2.31. The zero-order valence-corrected chi connectivity index (χ0v) is 11.8. The van der Waals surface area contributed by atoms with E-state index in [1.807, 2.05) is 18.2 Å². The van der Waals surface area contributed by atoms with Crippen LogP contribution in [0.2, 0.25) is 0 Å². The molecule has 1 aromatic rings. The maximum Gasteiger partial charge on any atom is 0.253 e. The molecule has 1 aliphatic rings. The summed E-state index contributed by atoms with van der Waals surface area (Å²) in [6.45, 7) is 0.468. The van der Waals surface area contributed by atoms with Crippen molar-refractivity contribution >= 4 is 11.8 Å². The Balaban J connectivity index is 2.07. The summed E-state index contributed by atoms with van der Waals surface area (Å²) in [7, 11) is 0. The molecule has 1 aromatic carbocycles. The fraction of sp³-hybridized carbons (Fsp3) is 0.375. The molecule has 0 saturated carbocycles. The Bertz CT molecular complexity index is 523. The Labute approximate surface area is 123 Å². The standard InChI is InChI=1S/C16H19NO4/c18-7-4-13-9-12(10-14(11-13)5-8-19)3-6-17-15(20)1-2-16(17)21/h1-2,9-11,18-19H,3-8H2. The van der Waals surface area contributed by atoms with Crippen molar-refractivity contribution in [2.75, 3.05) is 19.8 Å². The molecule has 2 amide bonds. The quantitative estimate of drug-likeness (QED) is 0.704. The van der Waals surface area contributed by atoms with E-state index in [0.717, 1.165) is 16.7 Å². The Morgan fingerprint density at radius 1 is 0.762 bits per heavy atom. The van der Waals surface area contributed by atoms with Crippen molar-refractivity contribution in [1.82, 2.24) is 4.90 Å². The van der Waals surface area contributed by atoms with Gasteiger partial charge in [-0.05, 0) is 36.0 Å². The third-order valence-electron chi connectivity index (χ3n) is 3.44. The first kappa shape index (κ1) is 15.4. The molecule has 0 bridgehead atoms. The van der Waals surface area contributed by atoms with Crippen LogP contribution >= 0.6 is 0 Å². The Morgan fingerprint density at radius 2 is 1.19 bits per heavy atom. The van der Waals surface area contributed by atoms with Crippen molar-refractivity contribution in [3.63, 3.8) is 0 Å². The number of amides is 2. The third-order valence-corrected chi connectivity index (χ3v) is 3.44. The van der Waals surface area contributed by atoms with Crippen LogP contribution in [-0.2, 0) is 28.9 Å². The molecule has 1 aliphatic heterocycles. The van der Waals surface area contributed by atoms with E-state index in [-0.39, 0.29) is 25.0 Å². The van der Waals surface area contributed by atoms with Crippen LogP contribution < -0.4 is 0 Å². The minimum absolute atomic E-state index is 0.0645. The van der Waals surface area contributed by atoms with Crippen LogP contribution in [0.5, 0.6) is 0 Å². The summed E-state index contributed by atoms with van der Waals surface area (Å²) in [5.74, 6) is -0.552. The predicted molar refractivity (Wildman–Crippen MR) is 77.6 cm³/mol. The monoisotopic (exact) mass is 289 g/mol. The minimum atomic E-state index is -0.276. The highest BCUT2D eigenvalue weighted by atomic mass is 16.3. The molecule has 0 atom stereocenters. The van der Waals surface area contributed by atoms with Crippen molar-refractivity contribution in [3.05, 3.63) is 47.0 Å². The van der Waals surface area contributed by atoms with Crippen LogP contribution in [0.1, 0.15) is 16.7 Å². The number of carbonyl (C=O) groups excluding carboxylic acids is 2. The fourth-order valence-corrected chi connectivity index (χ4v) is 2.42. The van der Waals surface area contributed by atoms with E-state index in [0.29, 0.717) is 25.8 Å². The molecular formula is C16H19NO4. The lowest BCUT2D eigenvalue weighted by molar-refractivity contribution is -0.136. The number of nitrogens with zero attached hydrogens (tertiary/aromatic N) is 1. The highest BCUT2D eigenvalue weighted by Crippen LogP contribution is 2.14. The first-order valence-corrected chi connectivity index (χ1v) is 7.01. The second-order valence-electron chi connectivity index (χ2n) is 5.02. The first-order chi connectivity index (χ1) is 10.1. The van der Waals surface area contributed by atoms with Crippen LogP contribution in [-0.4, -0.2) is 46.7 Å². The number of hydrogen-bond donors (Lipinski definition) is 2. The van der Waals surface area contributed by atoms with Gasteiger partial charge in [0.15, 0.2) is 0 Å². The van der Waals surface area contributed by atoms with E-state index in [4.69, 9.17) is 10.2 Å². The molecule has 0 saturated heterocycles. The summed E-state index contributed by atoms with van der Waals surface area (Å²) < 4.78 is 0. The topological polar surface area (TPSA) is 77.8 Å². The maximum atomic E-state index is 11.5. The van der Waals surface area contributed by atoms with Gasteiger partial charge in [-0.3, -0.25) is 14.5 Å². The molecule has 0 spiro atoms. The molecule has 0 aliphatic carbocycles. The Hall–Kier alpha value is -1.98. The van der Waals surface area contributed by atoms with Gasteiger partial charge in [-0.1, -0.05) is 18.2 Å². The van der Waals surface area contributed by atoms with Gasteiger partial charge in [0, 0.05) is 31.9 Å². The fourth-order valence-electron chi connectivity index (χ4n) is 2.42. The van der Waals surface area contributed by atoms with Crippen molar-refractivity contribution in [3.8, 4) is 0 Å². The smallest absolute Gasteiger partial charge is 0.253 e. The van der Waals surface area contributed by atoms with Crippen molar-refractivity contribution in [1.29, 1.82) is 0 Å². The first-order valence-electron chi connectivity index (χ1n) is 7.01. The highest BCUT2D eigenvalue weighted by molar-refractivity contribution is 6.12. The average Bonchev–Trinajstić information content (AvgIpc) is 2.76. The van der Waals surface area contributed by atoms with Gasteiger partial charge in [-0.2, -0.15) is 0 Å². The van der Waals surface area contributed by atoms with Gasteiger partial charge in [-0.15, -0.1) is 0 Å². The summed E-state index contributed by atoms with van der Waals surface area (Å²) in [4.78, 5) is 24.2. The largest absolute Gasteiger partial charge is 0.396 e. The second kappa shape index (κ2) is 7.15. The molecule has 0 unspecified atom stereocenters. The summed E-state index contributed by atoms with van der Waals surface area (Å²) in [6, 6.07) is 5.90. The van der Waals surface area contributed by atoms with Crippen molar-refractivity contribution in [2.45, 2.75) is 19.3 Å². The van der Waals surface area contributed by atoms with E-state index < -0.39 is 0 Å². The predicted octanol–water partition coefficient (Wildman–Crippen LogP) is 0.224. The molecule has 0 aromatic heterocycles. The highest BCUT2D eigenvalue weighted by Gasteiger charge is 2.22. The summed E-state index contributed by atoms with van der Waals surface area (Å²) in [5.41, 5.74) is 2.99. The number of aliphatic hydroxyl groups is 2. The number of hydrogen-bond acceptors (Lipinski definition) is 4. The van der Waals surface area contributed by atoms with Gasteiger partial charge in [0.1, 0.15) is 0 Å². The summed E-state index contributed by atoms with van der Waals surface area (Å²) in [6.07, 6.45) is 4.23. The van der Waals surface area contributed by atoms with E-state index in [1.165, 1.54) is 17.1 Å². The molecule has 0 fully saturated rings. The molecule has 2 N–H and O–H groups in total. The molecule has 5 heteroatoms. The molecule has 112 valence electrons. The summed E-state index contributed by atoms with van der Waals surface area (Å²) >= 11 is 0. The van der Waals surface area contributed by atoms with Gasteiger partial charge in [0.2, 0.25) is 0 Å². The molecular weight excluding hydrogens is 270 g/mol. The maximum absolute atomic E-state index is 11.5. The molecule has 2 rings (SSSR count). The van der Waals surface area contributed by atoms with Gasteiger partial charge in [-0.25, -0.2) is 0 Å². The molecule has 21 heavy (non-hydrogen) atoms. The molecule has 5 nitrogen and oxygen atoms in total. The van der Waals surface area contributed by atoms with Crippen molar-refractivity contribution in [2.24, 2.45) is 0 Å². The average molecular weight is 289 g/mol. The van der Waals surface area contributed by atoms with Crippen LogP contribution in [0.4, 0.5) is 0 Å². The Morgan fingerprint density at radius 3 is 1.62 bits per heavy atom. The van der Waals surface area contributed by atoms with E-state index in [1.54, 1.807) is 0 Å². The van der Waals surface area contributed by atoms with Crippen LogP contribution in [0, 0.1) is 0 Å². The lowest BCUT2D eigenvalue weighted by atomic mass is 10.00. The van der Waals surface area contributed by atoms with Gasteiger partial charge < -0.3 is 10.2 Å². The number of rotatable bonds is 7. The molecule has 1 heterocycles. The van der Waals surface area contributed by atoms with Gasteiger partial charge in [0.05, 0.1) is 0 Å². The van der Waals surface area contributed by atoms with Crippen LogP contribution in [0.3, 0.4) is 0 Å². The molecule has 0 radical (unpaired) electrons. The number of benzene rings is 1. The normalized spacial score (nSPS) is 14.3. The van der Waals surface area contributed by atoms with E-state index in [9.17, 15) is 9.59 Å². The van der Waals surface area contributed by atoms with E-state index in [2.05, 4.69) is 0 Å². The van der Waals surface area contributed by atoms with E-state index >= 15 is 0 Å². The van der Waals surface area contributed by atoms with Gasteiger partial charge in [0.25, 0.3) is 11.8 Å².